The minimum absolute atomic E-state index is 0.0990. The molecule has 1 amide bonds. The van der Waals surface area contributed by atoms with E-state index in [-0.39, 0.29) is 5.91 Å². The molecule has 1 aromatic carbocycles. The van der Waals surface area contributed by atoms with Gasteiger partial charge in [-0.15, -0.1) is 0 Å². The first-order valence-electron chi connectivity index (χ1n) is 9.78. The predicted octanol–water partition coefficient (Wildman–Crippen LogP) is 1.58. The minimum atomic E-state index is -0.706. The van der Waals surface area contributed by atoms with Crippen molar-refractivity contribution in [2.45, 2.75) is 45.3 Å². The molecular formula is C21H33N3O4. The van der Waals surface area contributed by atoms with Crippen molar-refractivity contribution in [3.63, 3.8) is 0 Å². The van der Waals surface area contributed by atoms with E-state index in [1.54, 1.807) is 7.11 Å². The van der Waals surface area contributed by atoms with Gasteiger partial charge in [-0.25, -0.2) is 0 Å². The van der Waals surface area contributed by atoms with Crippen molar-refractivity contribution < 1.29 is 19.1 Å². The second kappa shape index (κ2) is 10.0. The minimum Gasteiger partial charge on any atom is -0.459 e. The Morgan fingerprint density at radius 1 is 1.21 bits per heavy atom. The van der Waals surface area contributed by atoms with E-state index in [1.165, 1.54) is 0 Å². The smallest absolute Gasteiger partial charge is 0.323 e. The van der Waals surface area contributed by atoms with Gasteiger partial charge in [-0.1, -0.05) is 12.1 Å². The molecule has 28 heavy (non-hydrogen) atoms. The average Bonchev–Trinajstić information content (AvgIpc) is 2.61. The molecule has 0 saturated carbocycles. The van der Waals surface area contributed by atoms with Gasteiger partial charge in [-0.3, -0.25) is 14.5 Å². The zero-order valence-electron chi connectivity index (χ0n) is 17.4. The Morgan fingerprint density at radius 3 is 2.46 bits per heavy atom. The average molecular weight is 392 g/mol. The van der Waals surface area contributed by atoms with Crippen LogP contribution in [0.25, 0.3) is 0 Å². The van der Waals surface area contributed by atoms with Gasteiger partial charge in [0, 0.05) is 39.0 Å². The fourth-order valence-electron chi connectivity index (χ4n) is 3.14. The first kappa shape index (κ1) is 22.3. The molecule has 1 fully saturated rings. The van der Waals surface area contributed by atoms with Crippen LogP contribution in [0.1, 0.15) is 32.8 Å². The number of nitrogens with two attached hydrogens (primary N) is 1. The zero-order valence-corrected chi connectivity index (χ0v) is 17.4. The molecule has 156 valence electrons. The molecule has 0 aliphatic carbocycles. The molecule has 2 rings (SSSR count). The van der Waals surface area contributed by atoms with Crippen molar-refractivity contribution in [1.29, 1.82) is 0 Å². The molecule has 7 heteroatoms. The Labute approximate surface area is 167 Å². The largest absolute Gasteiger partial charge is 0.459 e. The SMILES string of the molecule is COCCCN1CCN(c2ccc(CC(N)C(=O)OC(C)(C)C)cc2)C(=O)C1. The Balaban J connectivity index is 1.88. The Morgan fingerprint density at radius 2 is 1.89 bits per heavy atom. The molecule has 1 saturated heterocycles. The molecule has 0 bridgehead atoms. The highest BCUT2D eigenvalue weighted by Gasteiger charge is 2.25. The third-order valence-corrected chi connectivity index (χ3v) is 4.54. The highest BCUT2D eigenvalue weighted by atomic mass is 16.6. The van der Waals surface area contributed by atoms with E-state index < -0.39 is 17.6 Å². The lowest BCUT2D eigenvalue weighted by Gasteiger charge is -2.34. The number of nitrogens with zero attached hydrogens (tertiary/aromatic N) is 2. The number of methoxy groups -OCH3 is 1. The van der Waals surface area contributed by atoms with Gasteiger partial charge in [0.2, 0.25) is 5.91 Å². The first-order valence-corrected chi connectivity index (χ1v) is 9.78. The summed E-state index contributed by atoms with van der Waals surface area (Å²) < 4.78 is 10.4. The lowest BCUT2D eigenvalue weighted by Crippen LogP contribution is -2.50. The van der Waals surface area contributed by atoms with Crippen LogP contribution in [0.2, 0.25) is 0 Å². The number of ether oxygens (including phenoxy) is 2. The predicted molar refractivity (Wildman–Crippen MR) is 109 cm³/mol. The van der Waals surface area contributed by atoms with E-state index in [9.17, 15) is 9.59 Å². The first-order chi connectivity index (χ1) is 13.2. The summed E-state index contributed by atoms with van der Waals surface area (Å²) >= 11 is 0. The van der Waals surface area contributed by atoms with Gasteiger partial charge in [0.25, 0.3) is 0 Å². The van der Waals surface area contributed by atoms with Crippen LogP contribution in [-0.4, -0.2) is 68.3 Å². The van der Waals surface area contributed by atoms with E-state index in [4.69, 9.17) is 15.2 Å². The highest BCUT2D eigenvalue weighted by molar-refractivity contribution is 5.95. The number of piperazine rings is 1. The lowest BCUT2D eigenvalue weighted by molar-refractivity contribution is -0.156. The standard InChI is InChI=1S/C21H33N3O4/c1-21(2,3)28-20(26)18(22)14-16-6-8-17(9-7-16)24-12-11-23(15-19(24)25)10-5-13-27-4/h6-9,18H,5,10-15,22H2,1-4H3. The Bertz CT molecular complexity index is 655. The lowest BCUT2D eigenvalue weighted by atomic mass is 10.1. The van der Waals surface area contributed by atoms with Crippen LogP contribution in [0, 0.1) is 0 Å². The Hall–Kier alpha value is -1.96. The molecule has 0 aromatic heterocycles. The van der Waals surface area contributed by atoms with Crippen molar-refractivity contribution in [2.75, 3.05) is 44.8 Å². The summed E-state index contributed by atoms with van der Waals surface area (Å²) in [7, 11) is 1.69. The molecule has 2 N–H and O–H groups in total. The fraction of sp³-hybridized carbons (Fsp3) is 0.619. The van der Waals surface area contributed by atoms with Crippen LogP contribution in [0.5, 0.6) is 0 Å². The highest BCUT2D eigenvalue weighted by Crippen LogP contribution is 2.19. The van der Waals surface area contributed by atoms with Gasteiger partial charge in [-0.05, 0) is 51.3 Å². The van der Waals surface area contributed by atoms with Crippen LogP contribution in [0.4, 0.5) is 5.69 Å². The molecule has 1 heterocycles. The van der Waals surface area contributed by atoms with Gasteiger partial charge in [-0.2, -0.15) is 0 Å². The summed E-state index contributed by atoms with van der Waals surface area (Å²) in [4.78, 5) is 28.5. The van der Waals surface area contributed by atoms with E-state index >= 15 is 0 Å². The van der Waals surface area contributed by atoms with Crippen molar-refractivity contribution in [3.05, 3.63) is 29.8 Å². The third kappa shape index (κ3) is 6.89. The van der Waals surface area contributed by atoms with Gasteiger partial charge < -0.3 is 20.1 Å². The second-order valence-electron chi connectivity index (χ2n) is 8.18. The molecule has 1 atom stereocenters. The zero-order chi connectivity index (χ0) is 20.7. The summed E-state index contributed by atoms with van der Waals surface area (Å²) in [5.41, 5.74) is 7.23. The maximum Gasteiger partial charge on any atom is 0.323 e. The summed E-state index contributed by atoms with van der Waals surface area (Å²) in [6.45, 7) is 8.98. The van der Waals surface area contributed by atoms with Crippen LogP contribution in [-0.2, 0) is 25.5 Å². The number of carbonyl (C=O) groups is 2. The van der Waals surface area contributed by atoms with E-state index in [0.29, 0.717) is 26.1 Å². The van der Waals surface area contributed by atoms with Gasteiger partial charge in [0.05, 0.1) is 6.54 Å². The second-order valence-corrected chi connectivity index (χ2v) is 8.18. The van der Waals surface area contributed by atoms with Crippen LogP contribution in [0.3, 0.4) is 0 Å². The quantitative estimate of drug-likeness (QED) is 0.535. The topological polar surface area (TPSA) is 85.1 Å². The number of benzene rings is 1. The number of hydrogen-bond acceptors (Lipinski definition) is 6. The van der Waals surface area contributed by atoms with Crippen molar-refractivity contribution in [1.82, 2.24) is 4.90 Å². The summed E-state index contributed by atoms with van der Waals surface area (Å²) in [6, 6.07) is 6.95. The van der Waals surface area contributed by atoms with E-state index in [0.717, 1.165) is 30.8 Å². The molecule has 1 aliphatic rings. The van der Waals surface area contributed by atoms with Gasteiger partial charge in [0.15, 0.2) is 0 Å². The van der Waals surface area contributed by atoms with E-state index in [1.807, 2.05) is 49.9 Å². The van der Waals surface area contributed by atoms with Crippen LogP contribution < -0.4 is 10.6 Å². The van der Waals surface area contributed by atoms with Crippen molar-refractivity contribution in [3.8, 4) is 0 Å². The molecule has 0 radical (unpaired) electrons. The van der Waals surface area contributed by atoms with Gasteiger partial charge in [0.1, 0.15) is 11.6 Å². The fourth-order valence-corrected chi connectivity index (χ4v) is 3.14. The molecule has 7 nitrogen and oxygen atoms in total. The summed E-state index contributed by atoms with van der Waals surface area (Å²) in [5, 5.41) is 0. The number of rotatable bonds is 8. The monoisotopic (exact) mass is 391 g/mol. The van der Waals surface area contributed by atoms with Crippen LogP contribution >= 0.6 is 0 Å². The number of hydrogen-bond donors (Lipinski definition) is 1. The van der Waals surface area contributed by atoms with Crippen molar-refractivity contribution >= 4 is 17.6 Å². The van der Waals surface area contributed by atoms with E-state index in [2.05, 4.69) is 4.90 Å². The summed E-state index contributed by atoms with van der Waals surface area (Å²) in [5.74, 6) is -0.307. The number of anilines is 1. The molecule has 1 unspecified atom stereocenters. The Kier molecular flexibility index (Phi) is 7.98. The number of esters is 1. The molecule has 1 aromatic rings. The summed E-state index contributed by atoms with van der Waals surface area (Å²) in [6.07, 6.45) is 1.33. The number of carbonyl (C=O) groups excluding carboxylic acids is 2. The third-order valence-electron chi connectivity index (χ3n) is 4.54. The maximum absolute atomic E-state index is 12.5. The van der Waals surface area contributed by atoms with Crippen LogP contribution in [0.15, 0.2) is 24.3 Å². The molecule has 1 aliphatic heterocycles. The normalized spacial score (nSPS) is 16.9. The van der Waals surface area contributed by atoms with Gasteiger partial charge >= 0.3 is 5.97 Å². The van der Waals surface area contributed by atoms with Crippen molar-refractivity contribution in [2.24, 2.45) is 5.73 Å². The maximum atomic E-state index is 12.5. The molecule has 0 spiro atoms. The number of amides is 1. The molecular weight excluding hydrogens is 358 g/mol.